The van der Waals surface area contributed by atoms with Crippen molar-refractivity contribution < 1.29 is 13.2 Å². The van der Waals surface area contributed by atoms with Crippen molar-refractivity contribution in [2.45, 2.75) is 18.3 Å². The zero-order chi connectivity index (χ0) is 14.3. The van der Waals surface area contributed by atoms with E-state index in [0.717, 1.165) is 15.8 Å². The van der Waals surface area contributed by atoms with Crippen LogP contribution in [-0.2, 0) is 6.18 Å². The lowest BCUT2D eigenvalue weighted by Gasteiger charge is -2.14. The summed E-state index contributed by atoms with van der Waals surface area (Å²) in [5, 5.41) is 10.9. The molecule has 2 aromatic rings. The molecule has 112 valence electrons. The molecule has 0 aliphatic carbocycles. The Bertz CT molecular complexity index is 679. The maximum Gasteiger partial charge on any atom is 0.453 e. The molecule has 9 heteroatoms. The molecule has 0 saturated carbocycles. The van der Waals surface area contributed by atoms with Crippen molar-refractivity contribution in [1.29, 1.82) is 0 Å². The third-order valence-electron chi connectivity index (χ3n) is 2.81. The van der Waals surface area contributed by atoms with E-state index >= 15 is 0 Å². The van der Waals surface area contributed by atoms with E-state index in [1.165, 1.54) is 11.8 Å². The summed E-state index contributed by atoms with van der Waals surface area (Å²) in [7, 11) is 0. The molecule has 1 aromatic carbocycles. The van der Waals surface area contributed by atoms with E-state index in [-0.39, 0.29) is 22.1 Å². The average Bonchev–Trinajstić information content (AvgIpc) is 2.82. The number of aryl methyl sites for hydroxylation is 1. The second-order valence-corrected chi connectivity index (χ2v) is 5.26. The molecular weight excluding hydrogens is 369 g/mol. The van der Waals surface area contributed by atoms with Crippen LogP contribution in [0, 0.1) is 6.92 Å². The largest absolute Gasteiger partial charge is 0.453 e. The topological polar surface area (TPSA) is 43.1 Å². The Morgan fingerprint density at radius 1 is 1.14 bits per heavy atom. The number of rotatable bonds is 1. The van der Waals surface area contributed by atoms with Crippen LogP contribution in [0.2, 0.25) is 0 Å². The maximum absolute atomic E-state index is 12.8. The van der Waals surface area contributed by atoms with Crippen molar-refractivity contribution in [1.82, 2.24) is 14.9 Å². The zero-order valence-corrected chi connectivity index (χ0v) is 13.3. The molecule has 2 heterocycles. The molecule has 3 rings (SSSR count). The van der Waals surface area contributed by atoms with Crippen LogP contribution < -0.4 is 0 Å². The van der Waals surface area contributed by atoms with Gasteiger partial charge in [0.1, 0.15) is 0 Å². The van der Waals surface area contributed by atoms with E-state index in [1.807, 2.05) is 31.2 Å². The zero-order valence-electron chi connectivity index (χ0n) is 10.8. The van der Waals surface area contributed by atoms with Crippen molar-refractivity contribution in [3.05, 3.63) is 41.2 Å². The van der Waals surface area contributed by atoms with Crippen LogP contribution in [0.15, 0.2) is 34.5 Å². The first kappa shape index (κ1) is 16.0. The fourth-order valence-electron chi connectivity index (χ4n) is 1.79. The Hall–Kier alpha value is -1.35. The van der Waals surface area contributed by atoms with Gasteiger partial charge in [0, 0.05) is 5.75 Å². The van der Waals surface area contributed by atoms with Gasteiger partial charge in [0.2, 0.25) is 5.16 Å². The maximum atomic E-state index is 12.8. The van der Waals surface area contributed by atoms with Crippen molar-refractivity contribution in [2.24, 2.45) is 5.10 Å². The lowest BCUT2D eigenvalue weighted by Crippen LogP contribution is -2.18. The monoisotopic (exact) mass is 378 g/mol. The third kappa shape index (κ3) is 3.13. The normalized spacial score (nSPS) is 14.2. The SMILES string of the molecule is Br.Cc1ccc(C2=Nn3c(nnc3C(F)(F)F)SC2)cc1. The average molecular weight is 379 g/mol. The van der Waals surface area contributed by atoms with Gasteiger partial charge in [0.15, 0.2) is 0 Å². The standard InChI is InChI=1S/C12H9F3N4S.BrH/c1-7-2-4-8(5-3-7)9-6-20-11-17-16-10(12(13,14)15)19(11)18-9;/h2-5H,6H2,1H3;1H. The van der Waals surface area contributed by atoms with Gasteiger partial charge in [-0.15, -0.1) is 27.2 Å². The first-order valence-electron chi connectivity index (χ1n) is 5.75. The molecule has 0 unspecified atom stereocenters. The smallest absolute Gasteiger partial charge is 0.182 e. The van der Waals surface area contributed by atoms with Gasteiger partial charge >= 0.3 is 6.18 Å². The Morgan fingerprint density at radius 3 is 2.43 bits per heavy atom. The molecule has 0 N–H and O–H groups in total. The van der Waals surface area contributed by atoms with Gasteiger partial charge in [-0.1, -0.05) is 41.6 Å². The van der Waals surface area contributed by atoms with Crippen molar-refractivity contribution in [3.63, 3.8) is 0 Å². The molecule has 1 aliphatic rings. The summed E-state index contributed by atoms with van der Waals surface area (Å²) in [6, 6.07) is 7.48. The summed E-state index contributed by atoms with van der Waals surface area (Å²) in [5.41, 5.74) is 2.46. The van der Waals surface area contributed by atoms with Gasteiger partial charge in [-0.25, -0.2) is 0 Å². The van der Waals surface area contributed by atoms with Gasteiger partial charge in [0.05, 0.1) is 5.71 Å². The van der Waals surface area contributed by atoms with Crippen LogP contribution in [0.3, 0.4) is 0 Å². The molecule has 0 fully saturated rings. The summed E-state index contributed by atoms with van der Waals surface area (Å²) in [6.07, 6.45) is -4.56. The van der Waals surface area contributed by atoms with Crippen molar-refractivity contribution in [2.75, 3.05) is 5.75 Å². The third-order valence-corrected chi connectivity index (χ3v) is 3.74. The number of fused-ring (bicyclic) bond motifs is 1. The molecular formula is C12H10BrF3N4S. The lowest BCUT2D eigenvalue weighted by atomic mass is 10.1. The Balaban J connectivity index is 0.00000161. The summed E-state index contributed by atoms with van der Waals surface area (Å²) >= 11 is 1.19. The summed E-state index contributed by atoms with van der Waals surface area (Å²) in [4.78, 5) is 0. The molecule has 0 atom stereocenters. The highest BCUT2D eigenvalue weighted by atomic mass is 79.9. The molecule has 0 amide bonds. The molecule has 0 radical (unpaired) electrons. The van der Waals surface area contributed by atoms with Gasteiger partial charge in [-0.2, -0.15) is 22.9 Å². The quantitative estimate of drug-likeness (QED) is 0.761. The number of thioether (sulfide) groups is 1. The highest BCUT2D eigenvalue weighted by Gasteiger charge is 2.39. The number of hydrogen-bond acceptors (Lipinski definition) is 4. The first-order valence-corrected chi connectivity index (χ1v) is 6.74. The fourth-order valence-corrected chi connectivity index (χ4v) is 2.63. The fraction of sp³-hybridized carbons (Fsp3) is 0.250. The summed E-state index contributed by atoms with van der Waals surface area (Å²) in [5.74, 6) is -0.622. The number of aromatic nitrogens is 3. The molecule has 1 aromatic heterocycles. The summed E-state index contributed by atoms with van der Waals surface area (Å²) in [6.45, 7) is 1.95. The number of hydrogen-bond donors (Lipinski definition) is 0. The lowest BCUT2D eigenvalue weighted by molar-refractivity contribution is -0.147. The van der Waals surface area contributed by atoms with Crippen LogP contribution in [0.4, 0.5) is 13.2 Å². The predicted molar refractivity (Wildman–Crippen MR) is 79.2 cm³/mol. The van der Waals surface area contributed by atoms with E-state index in [1.54, 1.807) is 0 Å². The van der Waals surface area contributed by atoms with E-state index in [4.69, 9.17) is 0 Å². The Labute approximate surface area is 133 Å². The molecule has 1 aliphatic heterocycles. The van der Waals surface area contributed by atoms with E-state index < -0.39 is 12.0 Å². The minimum Gasteiger partial charge on any atom is -0.182 e. The number of nitrogens with zero attached hydrogens (tertiary/aromatic N) is 4. The highest BCUT2D eigenvalue weighted by Crippen LogP contribution is 2.32. The van der Waals surface area contributed by atoms with Gasteiger partial charge in [0.25, 0.3) is 5.82 Å². The second-order valence-electron chi connectivity index (χ2n) is 4.32. The van der Waals surface area contributed by atoms with Crippen LogP contribution >= 0.6 is 28.7 Å². The van der Waals surface area contributed by atoms with E-state index in [2.05, 4.69) is 15.3 Å². The van der Waals surface area contributed by atoms with Crippen LogP contribution in [0.25, 0.3) is 0 Å². The van der Waals surface area contributed by atoms with E-state index in [9.17, 15) is 13.2 Å². The molecule has 0 bridgehead atoms. The molecule has 0 saturated heterocycles. The van der Waals surface area contributed by atoms with Crippen LogP contribution in [-0.4, -0.2) is 26.3 Å². The van der Waals surface area contributed by atoms with Gasteiger partial charge in [-0.3, -0.25) is 0 Å². The predicted octanol–water partition coefficient (Wildman–Crippen LogP) is 3.54. The van der Waals surface area contributed by atoms with Gasteiger partial charge < -0.3 is 0 Å². The molecule has 21 heavy (non-hydrogen) atoms. The second kappa shape index (κ2) is 5.80. The van der Waals surface area contributed by atoms with Crippen molar-refractivity contribution in [3.8, 4) is 0 Å². The van der Waals surface area contributed by atoms with E-state index in [0.29, 0.717) is 11.5 Å². The van der Waals surface area contributed by atoms with Crippen LogP contribution in [0.1, 0.15) is 17.0 Å². The van der Waals surface area contributed by atoms with Gasteiger partial charge in [-0.05, 0) is 12.5 Å². The summed E-state index contributed by atoms with van der Waals surface area (Å²) < 4.78 is 39.1. The highest BCUT2D eigenvalue weighted by molar-refractivity contribution is 8.93. The molecule has 0 spiro atoms. The van der Waals surface area contributed by atoms with Crippen LogP contribution in [0.5, 0.6) is 0 Å². The molecule has 4 nitrogen and oxygen atoms in total. The number of benzene rings is 1. The number of alkyl halides is 3. The minimum absolute atomic E-state index is 0. The minimum atomic E-state index is -4.56. The number of halogens is 4. The van der Waals surface area contributed by atoms with Crippen molar-refractivity contribution >= 4 is 34.5 Å². The Morgan fingerprint density at radius 2 is 1.81 bits per heavy atom. The Kier molecular flexibility index (Phi) is 4.43. The first-order chi connectivity index (χ1) is 9.45.